The molecule has 2 rings (SSSR count). The van der Waals surface area contributed by atoms with Gasteiger partial charge in [-0.25, -0.2) is 4.39 Å². The summed E-state index contributed by atoms with van der Waals surface area (Å²) in [6.45, 7) is -6.15. The van der Waals surface area contributed by atoms with Gasteiger partial charge in [0.25, 0.3) is 0 Å². The highest BCUT2D eigenvalue weighted by Gasteiger charge is 2.36. The van der Waals surface area contributed by atoms with Crippen LogP contribution >= 0.6 is 13.5 Å². The molecule has 1 heterocycles. The van der Waals surface area contributed by atoms with Gasteiger partial charge in [0.2, 0.25) is 11.9 Å². The highest BCUT2D eigenvalue weighted by Crippen LogP contribution is 2.32. The molecule has 1 aliphatic carbocycles. The van der Waals surface area contributed by atoms with Gasteiger partial charge in [-0.1, -0.05) is 0 Å². The first kappa shape index (κ1) is 13.5. The Labute approximate surface area is 165 Å². The summed E-state index contributed by atoms with van der Waals surface area (Å²) in [5.41, 5.74) is -0.254. The number of allylic oxidation sites excluding steroid dienone is 1. The molecule has 1 aromatic heterocycles. The molecule has 0 spiro atoms. The van der Waals surface area contributed by atoms with Crippen molar-refractivity contribution in [3.8, 4) is 0 Å². The summed E-state index contributed by atoms with van der Waals surface area (Å²) in [4.78, 5) is 11.0. The molecule has 0 saturated heterocycles. The molecule has 0 aromatic carbocycles. The van der Waals surface area contributed by atoms with Gasteiger partial charge in [0.05, 0.1) is 1.37 Å². The first-order valence-electron chi connectivity index (χ1n) is 10.8. The quantitative estimate of drug-likeness (QED) is 0.653. The standard InChI is InChI=1S/C15H21F4N5O.H2S/c1-7(2)20-13-22-12(9-5-4-6-10(25)11(9)16)23-14(24-13)21-8(3)15(17,18)19;/h7-8,10,25H,4-6H2,1-3H3,(H2,20,21,22,23,24);1H2/t8-,10?;/m0./s1/i1D3,2D3,7D;. The first-order chi connectivity index (χ1) is 14.4. The SMILES string of the molecule is S.[2H]C([2H])([2H])C([2H])(Nc1nc(N[C@@H](C)C(F)(F)F)nc(C2=C(F)C(O)CCC2)n1)C([2H])([2H])[2H]. The lowest BCUT2D eigenvalue weighted by molar-refractivity contribution is -0.138. The van der Waals surface area contributed by atoms with Crippen LogP contribution in [-0.2, 0) is 0 Å². The largest absolute Gasteiger partial charge is 0.408 e. The van der Waals surface area contributed by atoms with Gasteiger partial charge in [-0.2, -0.15) is 41.6 Å². The van der Waals surface area contributed by atoms with Crippen LogP contribution in [0.25, 0.3) is 5.57 Å². The smallest absolute Gasteiger partial charge is 0.386 e. The number of rotatable bonds is 5. The second-order valence-electron chi connectivity index (χ2n) is 5.45. The van der Waals surface area contributed by atoms with Gasteiger partial charge < -0.3 is 15.7 Å². The van der Waals surface area contributed by atoms with Crippen LogP contribution in [0.3, 0.4) is 0 Å². The molecule has 2 atom stereocenters. The van der Waals surface area contributed by atoms with Gasteiger partial charge in [-0.15, -0.1) is 0 Å². The molecule has 0 aliphatic heterocycles. The lowest BCUT2D eigenvalue weighted by Gasteiger charge is -2.21. The van der Waals surface area contributed by atoms with E-state index in [4.69, 9.17) is 9.60 Å². The number of nitrogens with one attached hydrogen (secondary N) is 2. The molecule has 0 amide bonds. The zero-order valence-corrected chi connectivity index (χ0v) is 14.6. The third-order valence-electron chi connectivity index (χ3n) is 3.46. The first-order valence-corrected chi connectivity index (χ1v) is 7.31. The summed E-state index contributed by atoms with van der Waals surface area (Å²) in [7, 11) is 0. The Kier molecular flexibility index (Phi) is 4.61. The van der Waals surface area contributed by atoms with Crippen LogP contribution in [0.4, 0.5) is 29.5 Å². The maximum Gasteiger partial charge on any atom is 0.408 e. The van der Waals surface area contributed by atoms with E-state index in [-0.39, 0.29) is 31.9 Å². The van der Waals surface area contributed by atoms with E-state index in [0.29, 0.717) is 6.42 Å². The Bertz CT molecular complexity index is 868. The van der Waals surface area contributed by atoms with Gasteiger partial charge in [0.15, 0.2) is 5.82 Å². The van der Waals surface area contributed by atoms with E-state index < -0.39 is 61.6 Å². The number of anilines is 2. The zero-order chi connectivity index (χ0) is 24.7. The number of aliphatic hydroxyl groups is 1. The molecular formula is C15H23F4N5OS. The second kappa shape index (κ2) is 8.85. The van der Waals surface area contributed by atoms with E-state index in [1.807, 2.05) is 10.6 Å². The van der Waals surface area contributed by atoms with Gasteiger partial charge in [0.1, 0.15) is 18.0 Å². The highest BCUT2D eigenvalue weighted by atomic mass is 32.1. The minimum absolute atomic E-state index is 0. The van der Waals surface area contributed by atoms with E-state index in [1.54, 1.807) is 0 Å². The molecule has 26 heavy (non-hydrogen) atoms. The molecule has 1 unspecified atom stereocenters. The summed E-state index contributed by atoms with van der Waals surface area (Å²) in [5, 5.41) is 13.5. The lowest BCUT2D eigenvalue weighted by atomic mass is 9.96. The van der Waals surface area contributed by atoms with Gasteiger partial charge in [-0.3, -0.25) is 0 Å². The number of halogens is 4. The van der Waals surface area contributed by atoms with Crippen molar-refractivity contribution in [1.29, 1.82) is 0 Å². The van der Waals surface area contributed by atoms with Gasteiger partial charge >= 0.3 is 6.18 Å². The average molecular weight is 404 g/mol. The number of hydrogen-bond acceptors (Lipinski definition) is 6. The van der Waals surface area contributed by atoms with E-state index >= 15 is 0 Å². The summed E-state index contributed by atoms with van der Waals surface area (Å²) in [5.74, 6) is -3.18. The number of hydrogen-bond donors (Lipinski definition) is 3. The van der Waals surface area contributed by atoms with Crippen molar-refractivity contribution in [3.05, 3.63) is 11.7 Å². The minimum atomic E-state index is -4.73. The van der Waals surface area contributed by atoms with E-state index in [2.05, 4.69) is 15.0 Å². The third kappa shape index (κ3) is 5.70. The Hall–Kier alpha value is -1.62. The summed E-state index contributed by atoms with van der Waals surface area (Å²) < 4.78 is 106. The Balaban J connectivity index is 0.00000544. The summed E-state index contributed by atoms with van der Waals surface area (Å²) in [6.07, 6.45) is -5.83. The molecule has 148 valence electrons. The molecule has 0 radical (unpaired) electrons. The fourth-order valence-corrected chi connectivity index (χ4v) is 2.16. The molecule has 1 aromatic rings. The van der Waals surface area contributed by atoms with Crippen molar-refractivity contribution in [2.24, 2.45) is 0 Å². The van der Waals surface area contributed by atoms with Crippen molar-refractivity contribution in [2.75, 3.05) is 10.6 Å². The van der Waals surface area contributed by atoms with E-state index in [1.165, 1.54) is 0 Å². The summed E-state index contributed by atoms with van der Waals surface area (Å²) >= 11 is 0. The Morgan fingerprint density at radius 2 is 1.85 bits per heavy atom. The second-order valence-corrected chi connectivity index (χ2v) is 5.45. The topological polar surface area (TPSA) is 83.0 Å². The van der Waals surface area contributed by atoms with E-state index in [0.717, 1.165) is 6.92 Å². The van der Waals surface area contributed by atoms with Crippen LogP contribution in [0.1, 0.15) is 55.3 Å². The molecule has 0 saturated carbocycles. The van der Waals surface area contributed by atoms with Crippen molar-refractivity contribution >= 4 is 31.0 Å². The molecule has 0 bridgehead atoms. The van der Waals surface area contributed by atoms with Crippen LogP contribution in [-0.4, -0.2) is 44.4 Å². The third-order valence-corrected chi connectivity index (χ3v) is 3.46. The monoisotopic (exact) mass is 404 g/mol. The van der Waals surface area contributed by atoms with Gasteiger partial charge in [-0.05, 0) is 39.9 Å². The van der Waals surface area contributed by atoms with Crippen LogP contribution in [0.2, 0.25) is 0 Å². The lowest BCUT2D eigenvalue weighted by Crippen LogP contribution is -2.34. The van der Waals surface area contributed by atoms with Crippen molar-refractivity contribution < 1.29 is 32.3 Å². The van der Waals surface area contributed by atoms with Crippen molar-refractivity contribution in [2.45, 2.75) is 64.2 Å². The van der Waals surface area contributed by atoms with Crippen LogP contribution in [0.5, 0.6) is 0 Å². The molecule has 1 aliphatic rings. The molecular weight excluding hydrogens is 374 g/mol. The number of aliphatic hydroxyl groups excluding tert-OH is 1. The van der Waals surface area contributed by atoms with Crippen LogP contribution in [0, 0.1) is 0 Å². The van der Waals surface area contributed by atoms with Crippen molar-refractivity contribution in [1.82, 2.24) is 15.0 Å². The molecule has 0 fully saturated rings. The maximum absolute atomic E-state index is 14.5. The van der Waals surface area contributed by atoms with E-state index in [9.17, 15) is 22.7 Å². The highest BCUT2D eigenvalue weighted by molar-refractivity contribution is 7.59. The average Bonchev–Trinajstić information content (AvgIpc) is 2.61. The van der Waals surface area contributed by atoms with Crippen LogP contribution < -0.4 is 10.6 Å². The summed E-state index contributed by atoms with van der Waals surface area (Å²) in [6, 6.07) is -5.53. The Morgan fingerprint density at radius 1 is 1.23 bits per heavy atom. The van der Waals surface area contributed by atoms with Crippen LogP contribution in [0.15, 0.2) is 5.83 Å². The minimum Gasteiger partial charge on any atom is -0.386 e. The molecule has 3 N–H and O–H groups in total. The Morgan fingerprint density at radius 3 is 2.42 bits per heavy atom. The number of nitrogens with zero attached hydrogens (tertiary/aromatic N) is 3. The normalized spacial score (nSPS) is 24.5. The fourth-order valence-electron chi connectivity index (χ4n) is 2.16. The zero-order valence-electron chi connectivity index (χ0n) is 20.6. The fraction of sp³-hybridized carbons (Fsp3) is 0.667. The number of alkyl halides is 3. The molecule has 11 heteroatoms. The number of aromatic nitrogens is 3. The predicted octanol–water partition coefficient (Wildman–Crippen LogP) is 3.39. The van der Waals surface area contributed by atoms with Crippen molar-refractivity contribution in [3.63, 3.8) is 0 Å². The van der Waals surface area contributed by atoms with Gasteiger partial charge in [0, 0.05) is 19.8 Å². The maximum atomic E-state index is 14.5. The predicted molar refractivity (Wildman–Crippen MR) is 96.0 cm³/mol. The molecule has 6 nitrogen and oxygen atoms in total.